The van der Waals surface area contributed by atoms with Crippen molar-refractivity contribution in [1.29, 1.82) is 0 Å². The molecule has 0 radical (unpaired) electrons. The highest BCUT2D eigenvalue weighted by Crippen LogP contribution is 2.19. The fourth-order valence-corrected chi connectivity index (χ4v) is 1.97. The van der Waals surface area contributed by atoms with Gasteiger partial charge >= 0.3 is 0 Å². The van der Waals surface area contributed by atoms with Gasteiger partial charge in [0.2, 0.25) is 5.91 Å². The number of primary amides is 1. The van der Waals surface area contributed by atoms with Crippen LogP contribution in [0.15, 0.2) is 42.5 Å². The molecule has 2 rings (SSSR count). The first-order valence-electron chi connectivity index (χ1n) is 6.19. The molecule has 0 unspecified atom stereocenters. The number of nitrogen functional groups attached to an aromatic ring is 1. The van der Waals surface area contributed by atoms with E-state index in [1.165, 1.54) is 6.07 Å². The lowest BCUT2D eigenvalue weighted by Crippen LogP contribution is -2.23. The molecule has 108 valence electrons. The Labute approximate surface area is 126 Å². The molecule has 0 bridgehead atoms. The van der Waals surface area contributed by atoms with E-state index in [0.29, 0.717) is 21.8 Å². The van der Waals surface area contributed by atoms with Crippen molar-refractivity contribution < 1.29 is 9.59 Å². The van der Waals surface area contributed by atoms with Crippen molar-refractivity contribution in [2.75, 3.05) is 5.73 Å². The van der Waals surface area contributed by atoms with Gasteiger partial charge in [-0.3, -0.25) is 9.59 Å². The molecule has 0 aliphatic heterocycles. The van der Waals surface area contributed by atoms with E-state index >= 15 is 0 Å². The van der Waals surface area contributed by atoms with Crippen LogP contribution in [0.4, 0.5) is 5.69 Å². The number of anilines is 1. The standard InChI is InChI=1S/C15H14ClN3O2/c16-12-7-11(4-5-13(12)17)15(21)19-8-9-2-1-3-10(6-9)14(18)20/h1-7H,8,17H2,(H2,18,20)(H,19,21). The summed E-state index contributed by atoms with van der Waals surface area (Å²) in [7, 11) is 0. The third-order valence-corrected chi connectivity index (χ3v) is 3.25. The van der Waals surface area contributed by atoms with Crippen LogP contribution < -0.4 is 16.8 Å². The average molecular weight is 304 g/mol. The van der Waals surface area contributed by atoms with Gasteiger partial charge in [0.15, 0.2) is 0 Å². The van der Waals surface area contributed by atoms with Crippen LogP contribution >= 0.6 is 11.6 Å². The number of rotatable bonds is 4. The molecular formula is C15H14ClN3O2. The molecular weight excluding hydrogens is 290 g/mol. The fraction of sp³-hybridized carbons (Fsp3) is 0.0667. The monoisotopic (exact) mass is 303 g/mol. The van der Waals surface area contributed by atoms with Crippen molar-refractivity contribution in [2.24, 2.45) is 5.73 Å². The van der Waals surface area contributed by atoms with Gasteiger partial charge in [0.1, 0.15) is 0 Å². The van der Waals surface area contributed by atoms with Gasteiger partial charge in [-0.05, 0) is 35.9 Å². The number of nitrogens with one attached hydrogen (secondary N) is 1. The minimum absolute atomic E-state index is 0.277. The Kier molecular flexibility index (Phi) is 4.45. The summed E-state index contributed by atoms with van der Waals surface area (Å²) in [6.07, 6.45) is 0. The summed E-state index contributed by atoms with van der Waals surface area (Å²) >= 11 is 5.87. The first-order chi connectivity index (χ1) is 9.97. The zero-order valence-corrected chi connectivity index (χ0v) is 11.9. The van der Waals surface area contributed by atoms with Gasteiger partial charge in [0, 0.05) is 17.7 Å². The van der Waals surface area contributed by atoms with E-state index in [4.69, 9.17) is 23.1 Å². The van der Waals surface area contributed by atoms with Crippen LogP contribution in [0.1, 0.15) is 26.3 Å². The molecule has 0 spiro atoms. The predicted molar refractivity (Wildman–Crippen MR) is 82.0 cm³/mol. The second kappa shape index (κ2) is 6.28. The summed E-state index contributed by atoms with van der Waals surface area (Å²) < 4.78 is 0. The van der Waals surface area contributed by atoms with E-state index in [0.717, 1.165) is 5.56 Å². The Morgan fingerprint density at radius 3 is 2.52 bits per heavy atom. The maximum Gasteiger partial charge on any atom is 0.251 e. The Hall–Kier alpha value is -2.53. The molecule has 0 heterocycles. The van der Waals surface area contributed by atoms with Crippen molar-refractivity contribution in [2.45, 2.75) is 6.54 Å². The van der Waals surface area contributed by atoms with Crippen LogP contribution in [-0.2, 0) is 6.54 Å². The largest absolute Gasteiger partial charge is 0.398 e. The number of nitrogens with two attached hydrogens (primary N) is 2. The second-order valence-electron chi connectivity index (χ2n) is 4.48. The fourth-order valence-electron chi connectivity index (χ4n) is 1.79. The zero-order valence-electron chi connectivity index (χ0n) is 11.1. The van der Waals surface area contributed by atoms with E-state index in [-0.39, 0.29) is 12.5 Å². The lowest BCUT2D eigenvalue weighted by Gasteiger charge is -2.07. The molecule has 2 aromatic carbocycles. The van der Waals surface area contributed by atoms with Gasteiger partial charge in [-0.25, -0.2) is 0 Å². The van der Waals surface area contributed by atoms with Crippen LogP contribution in [0.25, 0.3) is 0 Å². The molecule has 2 aromatic rings. The average Bonchev–Trinajstić information content (AvgIpc) is 2.48. The SMILES string of the molecule is NC(=O)c1cccc(CNC(=O)c2ccc(N)c(Cl)c2)c1. The van der Waals surface area contributed by atoms with E-state index < -0.39 is 5.91 Å². The quantitative estimate of drug-likeness (QED) is 0.753. The molecule has 5 N–H and O–H groups in total. The molecule has 6 heteroatoms. The summed E-state index contributed by atoms with van der Waals surface area (Å²) in [5.74, 6) is -0.783. The highest BCUT2D eigenvalue weighted by Gasteiger charge is 2.08. The highest BCUT2D eigenvalue weighted by molar-refractivity contribution is 6.33. The van der Waals surface area contributed by atoms with Gasteiger partial charge < -0.3 is 16.8 Å². The summed E-state index contributed by atoms with van der Waals surface area (Å²) in [5, 5.41) is 3.07. The molecule has 0 saturated carbocycles. The summed E-state index contributed by atoms with van der Waals surface area (Å²) in [4.78, 5) is 23.1. The van der Waals surface area contributed by atoms with Crippen molar-refractivity contribution in [3.63, 3.8) is 0 Å². The van der Waals surface area contributed by atoms with Crippen LogP contribution in [0, 0.1) is 0 Å². The number of hydrogen-bond acceptors (Lipinski definition) is 3. The van der Waals surface area contributed by atoms with Crippen LogP contribution in [0.5, 0.6) is 0 Å². The van der Waals surface area contributed by atoms with Crippen molar-refractivity contribution in [1.82, 2.24) is 5.32 Å². The van der Waals surface area contributed by atoms with Crippen LogP contribution in [-0.4, -0.2) is 11.8 Å². The third kappa shape index (κ3) is 3.73. The first-order valence-corrected chi connectivity index (χ1v) is 6.57. The molecule has 0 saturated heterocycles. The molecule has 0 atom stereocenters. The Morgan fingerprint density at radius 1 is 1.10 bits per heavy atom. The van der Waals surface area contributed by atoms with E-state index in [2.05, 4.69) is 5.32 Å². The Morgan fingerprint density at radius 2 is 1.86 bits per heavy atom. The number of benzene rings is 2. The van der Waals surface area contributed by atoms with Gasteiger partial charge in [0.25, 0.3) is 5.91 Å². The third-order valence-electron chi connectivity index (χ3n) is 2.93. The first kappa shape index (κ1) is 14.9. The smallest absolute Gasteiger partial charge is 0.251 e. The van der Waals surface area contributed by atoms with Crippen molar-refractivity contribution in [3.8, 4) is 0 Å². The molecule has 0 aliphatic carbocycles. The van der Waals surface area contributed by atoms with E-state index in [1.54, 1.807) is 36.4 Å². The predicted octanol–water partition coefficient (Wildman–Crippen LogP) is 1.95. The van der Waals surface area contributed by atoms with E-state index in [1.807, 2.05) is 0 Å². The van der Waals surface area contributed by atoms with Crippen LogP contribution in [0.2, 0.25) is 5.02 Å². The Balaban J connectivity index is 2.05. The Bertz CT molecular complexity index is 701. The van der Waals surface area contributed by atoms with E-state index in [9.17, 15) is 9.59 Å². The molecule has 0 aromatic heterocycles. The number of hydrogen-bond donors (Lipinski definition) is 3. The second-order valence-corrected chi connectivity index (χ2v) is 4.89. The lowest BCUT2D eigenvalue weighted by atomic mass is 10.1. The molecule has 0 aliphatic rings. The molecule has 5 nitrogen and oxygen atoms in total. The van der Waals surface area contributed by atoms with Crippen LogP contribution in [0.3, 0.4) is 0 Å². The van der Waals surface area contributed by atoms with Gasteiger partial charge in [-0.1, -0.05) is 23.7 Å². The topological polar surface area (TPSA) is 98.2 Å². The zero-order chi connectivity index (χ0) is 15.4. The maximum absolute atomic E-state index is 12.0. The summed E-state index contributed by atoms with van der Waals surface area (Å²) in [5.41, 5.74) is 12.8. The minimum atomic E-state index is -0.506. The highest BCUT2D eigenvalue weighted by atomic mass is 35.5. The number of carbonyl (C=O) groups is 2. The summed E-state index contributed by atoms with van der Waals surface area (Å²) in [6, 6.07) is 11.4. The van der Waals surface area contributed by atoms with Gasteiger partial charge in [0.05, 0.1) is 10.7 Å². The number of amides is 2. The normalized spacial score (nSPS) is 10.1. The molecule has 21 heavy (non-hydrogen) atoms. The van der Waals surface area contributed by atoms with Gasteiger partial charge in [-0.2, -0.15) is 0 Å². The molecule has 0 fully saturated rings. The minimum Gasteiger partial charge on any atom is -0.398 e. The van der Waals surface area contributed by atoms with Crippen molar-refractivity contribution >= 4 is 29.1 Å². The van der Waals surface area contributed by atoms with Gasteiger partial charge in [-0.15, -0.1) is 0 Å². The molecule has 2 amide bonds. The number of halogens is 1. The number of carbonyl (C=O) groups excluding carboxylic acids is 2. The lowest BCUT2D eigenvalue weighted by molar-refractivity contribution is 0.0950. The van der Waals surface area contributed by atoms with Crippen molar-refractivity contribution in [3.05, 3.63) is 64.2 Å². The summed E-state index contributed by atoms with van der Waals surface area (Å²) in [6.45, 7) is 0.280. The maximum atomic E-state index is 12.0.